The first-order valence-electron chi connectivity index (χ1n) is 6.76. The lowest BCUT2D eigenvalue weighted by molar-refractivity contribution is 0.612. The van der Waals surface area contributed by atoms with Gasteiger partial charge in [-0.05, 0) is 12.0 Å². The van der Waals surface area contributed by atoms with Crippen LogP contribution in [0.3, 0.4) is 0 Å². The molecule has 0 atom stereocenters. The molecular formula is C15H18ClFN4. The van der Waals surface area contributed by atoms with Gasteiger partial charge >= 0.3 is 0 Å². The Hall–Kier alpha value is -1.88. The van der Waals surface area contributed by atoms with Gasteiger partial charge in [0.1, 0.15) is 17.3 Å². The summed E-state index contributed by atoms with van der Waals surface area (Å²) in [6.45, 7) is 4.42. The largest absolute Gasteiger partial charge is 0.393 e. The van der Waals surface area contributed by atoms with Crippen molar-refractivity contribution in [1.82, 2.24) is 9.97 Å². The van der Waals surface area contributed by atoms with Crippen molar-refractivity contribution >= 4 is 23.1 Å². The average Bonchev–Trinajstić information content (AvgIpc) is 2.42. The zero-order valence-electron chi connectivity index (χ0n) is 12.0. The van der Waals surface area contributed by atoms with E-state index < -0.39 is 0 Å². The van der Waals surface area contributed by atoms with E-state index in [1.807, 2.05) is 0 Å². The Morgan fingerprint density at radius 3 is 2.67 bits per heavy atom. The fourth-order valence-electron chi connectivity index (χ4n) is 1.90. The third-order valence-electron chi connectivity index (χ3n) is 2.94. The molecule has 0 amide bonds. The summed E-state index contributed by atoms with van der Waals surface area (Å²) in [5, 5.41) is 3.24. The van der Waals surface area contributed by atoms with Crippen LogP contribution < -0.4 is 11.1 Å². The molecule has 1 aromatic carbocycles. The molecule has 21 heavy (non-hydrogen) atoms. The van der Waals surface area contributed by atoms with Crippen LogP contribution in [0.5, 0.6) is 0 Å². The van der Waals surface area contributed by atoms with Gasteiger partial charge in [-0.1, -0.05) is 43.6 Å². The minimum absolute atomic E-state index is 0.219. The van der Waals surface area contributed by atoms with Crippen molar-refractivity contribution in [3.05, 3.63) is 46.6 Å². The summed E-state index contributed by atoms with van der Waals surface area (Å²) in [4.78, 5) is 8.53. The van der Waals surface area contributed by atoms with E-state index in [9.17, 15) is 4.39 Å². The van der Waals surface area contributed by atoms with E-state index in [-0.39, 0.29) is 23.2 Å². The van der Waals surface area contributed by atoms with Gasteiger partial charge in [-0.3, -0.25) is 0 Å². The predicted molar refractivity (Wildman–Crippen MR) is 83.7 cm³/mol. The lowest BCUT2D eigenvalue weighted by Gasteiger charge is -2.12. The first-order chi connectivity index (χ1) is 9.97. The van der Waals surface area contributed by atoms with Gasteiger partial charge in [0.05, 0.1) is 0 Å². The lowest BCUT2D eigenvalue weighted by Crippen LogP contribution is -2.10. The van der Waals surface area contributed by atoms with Crippen molar-refractivity contribution in [3.8, 4) is 0 Å². The number of aromatic nitrogens is 2. The molecule has 0 unspecified atom stereocenters. The van der Waals surface area contributed by atoms with E-state index in [4.69, 9.17) is 17.3 Å². The monoisotopic (exact) mass is 308 g/mol. The van der Waals surface area contributed by atoms with E-state index in [0.717, 1.165) is 0 Å². The van der Waals surface area contributed by atoms with E-state index in [0.29, 0.717) is 29.5 Å². The predicted octanol–water partition coefficient (Wildman–Crippen LogP) is 3.66. The highest BCUT2D eigenvalue weighted by Crippen LogP contribution is 2.25. The summed E-state index contributed by atoms with van der Waals surface area (Å²) in [5.74, 6) is 1.20. The van der Waals surface area contributed by atoms with Crippen molar-refractivity contribution in [1.29, 1.82) is 0 Å². The summed E-state index contributed by atoms with van der Waals surface area (Å²) < 4.78 is 13.6. The molecule has 6 heteroatoms. The highest BCUT2D eigenvalue weighted by molar-refractivity contribution is 6.32. The molecular weight excluding hydrogens is 291 g/mol. The smallest absolute Gasteiger partial charge is 0.157 e. The Morgan fingerprint density at radius 1 is 1.29 bits per heavy atom. The van der Waals surface area contributed by atoms with E-state index in [2.05, 4.69) is 29.1 Å². The van der Waals surface area contributed by atoms with Crippen LogP contribution in [0.2, 0.25) is 5.15 Å². The molecule has 2 aromatic rings. The topological polar surface area (TPSA) is 63.8 Å². The Kier molecular flexibility index (Phi) is 4.96. The second-order valence-corrected chi connectivity index (χ2v) is 5.59. The van der Waals surface area contributed by atoms with Crippen molar-refractivity contribution in [2.24, 2.45) is 5.92 Å². The molecule has 1 aromatic heterocycles. The molecule has 0 fully saturated rings. The standard InChI is InChI=1S/C15H18ClFN4/c1-9(2)7-12-20-14(16)13(18)15(21-12)19-8-10-5-3-4-6-11(10)17/h3-6,9H,7-8,18H2,1-2H3,(H,19,20,21). The number of nitrogens with zero attached hydrogens (tertiary/aromatic N) is 2. The van der Waals surface area contributed by atoms with Gasteiger partial charge in [-0.25, -0.2) is 14.4 Å². The molecule has 4 nitrogen and oxygen atoms in total. The zero-order valence-corrected chi connectivity index (χ0v) is 12.8. The van der Waals surface area contributed by atoms with Gasteiger partial charge in [0, 0.05) is 18.5 Å². The van der Waals surface area contributed by atoms with Crippen LogP contribution >= 0.6 is 11.6 Å². The number of benzene rings is 1. The number of halogens is 2. The molecule has 112 valence electrons. The Bertz CT molecular complexity index is 631. The second kappa shape index (κ2) is 6.72. The number of hydrogen-bond acceptors (Lipinski definition) is 4. The van der Waals surface area contributed by atoms with E-state index >= 15 is 0 Å². The third-order valence-corrected chi connectivity index (χ3v) is 3.23. The highest BCUT2D eigenvalue weighted by Gasteiger charge is 2.12. The van der Waals surface area contributed by atoms with Crippen LogP contribution in [-0.2, 0) is 13.0 Å². The molecule has 0 spiro atoms. The summed E-state index contributed by atoms with van der Waals surface area (Å²) >= 11 is 6.03. The molecule has 0 radical (unpaired) electrons. The summed E-state index contributed by atoms with van der Waals surface area (Å²) in [7, 11) is 0. The van der Waals surface area contributed by atoms with Crippen molar-refractivity contribution < 1.29 is 4.39 Å². The minimum Gasteiger partial charge on any atom is -0.393 e. The normalized spacial score (nSPS) is 10.9. The molecule has 0 saturated heterocycles. The highest BCUT2D eigenvalue weighted by atomic mass is 35.5. The fourth-order valence-corrected chi connectivity index (χ4v) is 2.08. The zero-order chi connectivity index (χ0) is 15.4. The van der Waals surface area contributed by atoms with Gasteiger partial charge in [-0.15, -0.1) is 0 Å². The second-order valence-electron chi connectivity index (χ2n) is 5.24. The number of nitrogens with two attached hydrogens (primary N) is 1. The number of nitrogens with one attached hydrogen (secondary N) is 1. The number of anilines is 2. The minimum atomic E-state index is -0.272. The molecule has 0 saturated carbocycles. The molecule has 0 aliphatic heterocycles. The van der Waals surface area contributed by atoms with Crippen LogP contribution in [0.15, 0.2) is 24.3 Å². The fraction of sp³-hybridized carbons (Fsp3) is 0.333. The maximum absolute atomic E-state index is 13.6. The third kappa shape index (κ3) is 4.04. The van der Waals surface area contributed by atoms with Crippen LogP contribution in [0.25, 0.3) is 0 Å². The van der Waals surface area contributed by atoms with Gasteiger partial charge in [-0.2, -0.15) is 0 Å². The van der Waals surface area contributed by atoms with Crippen LogP contribution in [0.4, 0.5) is 15.9 Å². The number of hydrogen-bond donors (Lipinski definition) is 2. The average molecular weight is 309 g/mol. The van der Waals surface area contributed by atoms with Crippen molar-refractivity contribution in [3.63, 3.8) is 0 Å². The Labute approximate surface area is 128 Å². The molecule has 0 bridgehead atoms. The van der Waals surface area contributed by atoms with E-state index in [1.165, 1.54) is 6.07 Å². The van der Waals surface area contributed by atoms with Gasteiger partial charge in [0.15, 0.2) is 11.0 Å². The Morgan fingerprint density at radius 2 is 2.00 bits per heavy atom. The SMILES string of the molecule is CC(C)Cc1nc(Cl)c(N)c(NCc2ccccc2F)n1. The molecule has 3 N–H and O–H groups in total. The lowest BCUT2D eigenvalue weighted by atomic mass is 10.1. The summed E-state index contributed by atoms with van der Waals surface area (Å²) in [6.07, 6.45) is 0.703. The maximum Gasteiger partial charge on any atom is 0.157 e. The van der Waals surface area contributed by atoms with Gasteiger partial charge in [0.2, 0.25) is 0 Å². The quantitative estimate of drug-likeness (QED) is 0.827. The van der Waals surface area contributed by atoms with Gasteiger partial charge in [0.25, 0.3) is 0 Å². The molecule has 0 aliphatic rings. The van der Waals surface area contributed by atoms with Crippen molar-refractivity contribution in [2.45, 2.75) is 26.8 Å². The van der Waals surface area contributed by atoms with Crippen LogP contribution in [0.1, 0.15) is 25.2 Å². The van der Waals surface area contributed by atoms with Gasteiger partial charge < -0.3 is 11.1 Å². The number of rotatable bonds is 5. The maximum atomic E-state index is 13.6. The first-order valence-corrected chi connectivity index (χ1v) is 7.14. The molecule has 2 rings (SSSR count). The summed E-state index contributed by atoms with van der Waals surface area (Å²) in [5.41, 5.74) is 6.69. The summed E-state index contributed by atoms with van der Waals surface area (Å²) in [6, 6.07) is 6.55. The van der Waals surface area contributed by atoms with Crippen LogP contribution in [0, 0.1) is 11.7 Å². The number of nitrogen functional groups attached to an aromatic ring is 1. The van der Waals surface area contributed by atoms with E-state index in [1.54, 1.807) is 18.2 Å². The molecule has 1 heterocycles. The first kappa shape index (κ1) is 15.5. The Balaban J connectivity index is 2.19. The van der Waals surface area contributed by atoms with Crippen LogP contribution in [-0.4, -0.2) is 9.97 Å². The van der Waals surface area contributed by atoms with Crippen molar-refractivity contribution in [2.75, 3.05) is 11.1 Å². The molecule has 0 aliphatic carbocycles.